The lowest BCUT2D eigenvalue weighted by molar-refractivity contribution is 0.873. The van der Waals surface area contributed by atoms with Crippen LogP contribution in [0.3, 0.4) is 0 Å². The van der Waals surface area contributed by atoms with Gasteiger partial charge in [0, 0.05) is 12.4 Å². The number of nitrogens with two attached hydrogens (primary N) is 1. The van der Waals surface area contributed by atoms with Crippen molar-refractivity contribution in [2.75, 3.05) is 11.9 Å². The summed E-state index contributed by atoms with van der Waals surface area (Å²) in [6.07, 6.45) is 0. The molecule has 0 amide bonds. The SMILES string of the molecule is CN(Cc1cscn1)c1cccc(C(=N)N)n1. The van der Waals surface area contributed by atoms with E-state index in [0.29, 0.717) is 12.2 Å². The molecule has 3 N–H and O–H groups in total. The van der Waals surface area contributed by atoms with E-state index in [9.17, 15) is 0 Å². The predicted molar refractivity (Wildman–Crippen MR) is 69.5 cm³/mol. The van der Waals surface area contributed by atoms with Crippen molar-refractivity contribution in [1.29, 1.82) is 5.41 Å². The van der Waals surface area contributed by atoms with Gasteiger partial charge in [-0.3, -0.25) is 5.41 Å². The van der Waals surface area contributed by atoms with Crippen molar-refractivity contribution < 1.29 is 0 Å². The molecule has 2 aromatic rings. The normalized spacial score (nSPS) is 10.2. The Hall–Kier alpha value is -1.95. The van der Waals surface area contributed by atoms with Crippen LogP contribution in [0.25, 0.3) is 0 Å². The molecule has 17 heavy (non-hydrogen) atoms. The molecule has 2 aromatic heterocycles. The van der Waals surface area contributed by atoms with Crippen molar-refractivity contribution in [3.8, 4) is 0 Å². The molecule has 5 nitrogen and oxygen atoms in total. The number of rotatable bonds is 4. The van der Waals surface area contributed by atoms with Crippen molar-refractivity contribution >= 4 is 23.0 Å². The Labute approximate surface area is 103 Å². The molecule has 0 aromatic carbocycles. The van der Waals surface area contributed by atoms with Crippen LogP contribution < -0.4 is 10.6 Å². The summed E-state index contributed by atoms with van der Waals surface area (Å²) in [6.45, 7) is 0.692. The molecule has 0 radical (unpaired) electrons. The molecule has 88 valence electrons. The molecule has 0 spiro atoms. The number of nitrogen functional groups attached to an aromatic ring is 1. The Morgan fingerprint density at radius 3 is 3.00 bits per heavy atom. The lowest BCUT2D eigenvalue weighted by atomic mass is 10.3. The Balaban J connectivity index is 2.16. The molecular weight excluding hydrogens is 234 g/mol. The quantitative estimate of drug-likeness (QED) is 0.633. The first-order valence-electron chi connectivity index (χ1n) is 5.06. The van der Waals surface area contributed by atoms with Crippen LogP contribution in [0.5, 0.6) is 0 Å². The van der Waals surface area contributed by atoms with Gasteiger partial charge in [-0.2, -0.15) is 0 Å². The van der Waals surface area contributed by atoms with Crippen LogP contribution >= 0.6 is 11.3 Å². The van der Waals surface area contributed by atoms with Crippen molar-refractivity contribution in [3.05, 3.63) is 40.5 Å². The van der Waals surface area contributed by atoms with Gasteiger partial charge in [-0.25, -0.2) is 9.97 Å². The van der Waals surface area contributed by atoms with Crippen LogP contribution in [-0.4, -0.2) is 22.9 Å². The molecule has 0 unspecified atom stereocenters. The van der Waals surface area contributed by atoms with Crippen LogP contribution in [0.1, 0.15) is 11.4 Å². The van der Waals surface area contributed by atoms with Crippen molar-refractivity contribution in [1.82, 2.24) is 9.97 Å². The van der Waals surface area contributed by atoms with E-state index in [1.807, 2.05) is 35.0 Å². The molecule has 0 aliphatic heterocycles. The van der Waals surface area contributed by atoms with E-state index in [1.54, 1.807) is 17.4 Å². The van der Waals surface area contributed by atoms with Crippen LogP contribution in [-0.2, 0) is 6.54 Å². The molecule has 0 aliphatic carbocycles. The predicted octanol–water partition coefficient (Wildman–Crippen LogP) is 1.46. The molecule has 0 aliphatic rings. The Morgan fingerprint density at radius 2 is 2.35 bits per heavy atom. The number of hydrogen-bond acceptors (Lipinski definition) is 5. The number of nitrogens with zero attached hydrogens (tertiary/aromatic N) is 3. The summed E-state index contributed by atoms with van der Waals surface area (Å²) >= 11 is 1.57. The maximum Gasteiger partial charge on any atom is 0.141 e. The van der Waals surface area contributed by atoms with Crippen molar-refractivity contribution in [2.45, 2.75) is 6.54 Å². The summed E-state index contributed by atoms with van der Waals surface area (Å²) in [7, 11) is 1.94. The number of amidine groups is 1. The minimum atomic E-state index is -0.0195. The highest BCUT2D eigenvalue weighted by Crippen LogP contribution is 2.13. The lowest BCUT2D eigenvalue weighted by Gasteiger charge is -2.17. The Bertz CT molecular complexity index is 508. The largest absolute Gasteiger partial charge is 0.382 e. The fourth-order valence-corrected chi connectivity index (χ4v) is 1.98. The summed E-state index contributed by atoms with van der Waals surface area (Å²) in [5.41, 5.74) is 8.72. The van der Waals surface area contributed by atoms with E-state index in [4.69, 9.17) is 11.1 Å². The topological polar surface area (TPSA) is 78.9 Å². The fourth-order valence-electron chi connectivity index (χ4n) is 1.43. The number of pyridine rings is 1. The average molecular weight is 247 g/mol. The maximum atomic E-state index is 7.36. The minimum absolute atomic E-state index is 0.0195. The first kappa shape index (κ1) is 11.5. The monoisotopic (exact) mass is 247 g/mol. The van der Waals surface area contributed by atoms with Crippen LogP contribution in [0, 0.1) is 5.41 Å². The highest BCUT2D eigenvalue weighted by Gasteiger charge is 2.06. The molecule has 0 bridgehead atoms. The number of anilines is 1. The van der Waals surface area contributed by atoms with Gasteiger partial charge in [-0.05, 0) is 12.1 Å². The third-order valence-corrected chi connectivity index (χ3v) is 2.92. The second-order valence-corrected chi connectivity index (χ2v) is 4.35. The second-order valence-electron chi connectivity index (χ2n) is 3.63. The first-order chi connectivity index (χ1) is 8.16. The van der Waals surface area contributed by atoms with Gasteiger partial charge in [0.2, 0.25) is 0 Å². The van der Waals surface area contributed by atoms with Crippen molar-refractivity contribution in [3.63, 3.8) is 0 Å². The van der Waals surface area contributed by atoms with Crippen LogP contribution in [0.4, 0.5) is 5.82 Å². The smallest absolute Gasteiger partial charge is 0.141 e. The van der Waals surface area contributed by atoms with E-state index >= 15 is 0 Å². The highest BCUT2D eigenvalue weighted by molar-refractivity contribution is 7.07. The molecule has 0 atom stereocenters. The Kier molecular flexibility index (Phi) is 3.34. The van der Waals surface area contributed by atoms with E-state index < -0.39 is 0 Å². The lowest BCUT2D eigenvalue weighted by Crippen LogP contribution is -2.20. The zero-order valence-electron chi connectivity index (χ0n) is 9.42. The zero-order valence-corrected chi connectivity index (χ0v) is 10.2. The summed E-state index contributed by atoms with van der Waals surface area (Å²) in [5.74, 6) is 0.764. The maximum absolute atomic E-state index is 7.36. The molecule has 0 saturated carbocycles. The van der Waals surface area contributed by atoms with Gasteiger partial charge in [0.1, 0.15) is 17.3 Å². The van der Waals surface area contributed by atoms with Crippen molar-refractivity contribution in [2.24, 2.45) is 5.73 Å². The first-order valence-corrected chi connectivity index (χ1v) is 6.01. The number of nitrogens with one attached hydrogen (secondary N) is 1. The van der Waals surface area contributed by atoms with Gasteiger partial charge in [0.25, 0.3) is 0 Å². The summed E-state index contributed by atoms with van der Waals surface area (Å²) < 4.78 is 0. The molecule has 2 heterocycles. The summed E-state index contributed by atoms with van der Waals surface area (Å²) in [5, 5.41) is 9.36. The summed E-state index contributed by atoms with van der Waals surface area (Å²) in [6, 6.07) is 5.46. The molecule has 2 rings (SSSR count). The Morgan fingerprint density at radius 1 is 1.53 bits per heavy atom. The van der Waals surface area contributed by atoms with Gasteiger partial charge in [-0.15, -0.1) is 11.3 Å². The van der Waals surface area contributed by atoms with Gasteiger partial charge in [-0.1, -0.05) is 6.07 Å². The van der Waals surface area contributed by atoms with Crippen LogP contribution in [0.2, 0.25) is 0 Å². The fraction of sp³-hybridized carbons (Fsp3) is 0.182. The summed E-state index contributed by atoms with van der Waals surface area (Å²) in [4.78, 5) is 10.5. The highest BCUT2D eigenvalue weighted by atomic mass is 32.1. The van der Waals surface area contributed by atoms with Gasteiger partial charge < -0.3 is 10.6 Å². The third-order valence-electron chi connectivity index (χ3n) is 2.28. The van der Waals surface area contributed by atoms with Gasteiger partial charge in [0.15, 0.2) is 0 Å². The number of hydrogen-bond donors (Lipinski definition) is 2. The van der Waals surface area contributed by atoms with E-state index in [-0.39, 0.29) is 5.84 Å². The molecule has 6 heteroatoms. The molecular formula is C11H13N5S. The van der Waals surface area contributed by atoms with Crippen LogP contribution in [0.15, 0.2) is 29.1 Å². The minimum Gasteiger partial charge on any atom is -0.382 e. The van der Waals surface area contributed by atoms with Gasteiger partial charge >= 0.3 is 0 Å². The zero-order chi connectivity index (χ0) is 12.3. The molecule has 0 fully saturated rings. The van der Waals surface area contributed by atoms with E-state index in [1.165, 1.54) is 0 Å². The average Bonchev–Trinajstić information content (AvgIpc) is 2.82. The second kappa shape index (κ2) is 4.92. The van der Waals surface area contributed by atoms with E-state index in [0.717, 1.165) is 11.5 Å². The standard InChI is InChI=1S/C11H13N5S/c1-16(5-8-6-17-7-14-8)10-4-2-3-9(15-10)11(12)13/h2-4,6-7H,5H2,1H3,(H3,12,13). The number of aromatic nitrogens is 2. The van der Waals surface area contributed by atoms with Gasteiger partial charge in [0.05, 0.1) is 17.7 Å². The van der Waals surface area contributed by atoms with E-state index in [2.05, 4.69) is 9.97 Å². The molecule has 0 saturated heterocycles. The third kappa shape index (κ3) is 2.79. The number of thiazole rings is 1.